The van der Waals surface area contributed by atoms with Crippen LogP contribution in [0.15, 0.2) is 35.7 Å². The second-order valence-electron chi connectivity index (χ2n) is 6.01. The predicted octanol–water partition coefficient (Wildman–Crippen LogP) is 2.31. The van der Waals surface area contributed by atoms with Gasteiger partial charge >= 0.3 is 0 Å². The standard InChI is InChI=1S/C18H19ClN4O3/c1-11-14(4-3-5-15(11)19)16-7-21-17(8-20-16)18(25)23-9-12(22-26-2)6-13(23)10-24/h3-5,7-8,13,24H,6,9-10H2,1-2H3/b22-12+. The van der Waals surface area contributed by atoms with Crippen LogP contribution in [0.3, 0.4) is 0 Å². The Balaban J connectivity index is 1.83. The molecule has 1 atom stereocenters. The zero-order chi connectivity index (χ0) is 18.7. The van der Waals surface area contributed by atoms with Gasteiger partial charge in [-0.3, -0.25) is 9.78 Å². The Bertz CT molecular complexity index is 839. The van der Waals surface area contributed by atoms with Crippen molar-refractivity contribution in [2.75, 3.05) is 20.3 Å². The van der Waals surface area contributed by atoms with Gasteiger partial charge < -0.3 is 14.8 Å². The molecule has 1 aromatic carbocycles. The van der Waals surface area contributed by atoms with E-state index in [-0.39, 0.29) is 24.2 Å². The number of aliphatic hydroxyl groups excluding tert-OH is 1. The van der Waals surface area contributed by atoms with E-state index >= 15 is 0 Å². The lowest BCUT2D eigenvalue weighted by atomic mass is 10.1. The number of carbonyl (C=O) groups is 1. The number of halogens is 1. The number of hydrogen-bond acceptors (Lipinski definition) is 6. The summed E-state index contributed by atoms with van der Waals surface area (Å²) in [6.45, 7) is 2.06. The molecule has 1 unspecified atom stereocenters. The summed E-state index contributed by atoms with van der Waals surface area (Å²) >= 11 is 6.15. The highest BCUT2D eigenvalue weighted by Crippen LogP contribution is 2.26. The van der Waals surface area contributed by atoms with Gasteiger partial charge in [0, 0.05) is 17.0 Å². The van der Waals surface area contributed by atoms with Crippen molar-refractivity contribution in [1.82, 2.24) is 14.9 Å². The van der Waals surface area contributed by atoms with E-state index in [4.69, 9.17) is 16.4 Å². The van der Waals surface area contributed by atoms with E-state index in [1.54, 1.807) is 6.20 Å². The molecule has 0 radical (unpaired) electrons. The summed E-state index contributed by atoms with van der Waals surface area (Å²) in [5.41, 5.74) is 3.34. The molecule has 26 heavy (non-hydrogen) atoms. The first kappa shape index (κ1) is 18.3. The van der Waals surface area contributed by atoms with Gasteiger partial charge in [0.05, 0.1) is 43.0 Å². The van der Waals surface area contributed by atoms with Crippen molar-refractivity contribution >= 4 is 23.2 Å². The maximum absolute atomic E-state index is 12.7. The molecular formula is C18H19ClN4O3. The van der Waals surface area contributed by atoms with E-state index in [1.165, 1.54) is 18.2 Å². The molecule has 136 valence electrons. The Morgan fingerprint density at radius 1 is 1.42 bits per heavy atom. The Kier molecular flexibility index (Phi) is 5.49. The molecule has 1 amide bonds. The van der Waals surface area contributed by atoms with Crippen LogP contribution in [0.4, 0.5) is 0 Å². The average Bonchev–Trinajstić information content (AvgIpc) is 3.07. The lowest BCUT2D eigenvalue weighted by Gasteiger charge is -2.21. The van der Waals surface area contributed by atoms with Gasteiger partial charge in [0.15, 0.2) is 0 Å². The largest absolute Gasteiger partial charge is 0.399 e. The highest BCUT2D eigenvalue weighted by molar-refractivity contribution is 6.31. The molecule has 8 heteroatoms. The lowest BCUT2D eigenvalue weighted by molar-refractivity contribution is 0.0674. The van der Waals surface area contributed by atoms with Crippen LogP contribution in [0.5, 0.6) is 0 Å². The molecule has 1 fully saturated rings. The number of carbonyl (C=O) groups excluding carboxylic acids is 1. The minimum absolute atomic E-state index is 0.151. The fourth-order valence-corrected chi connectivity index (χ4v) is 3.15. The first-order valence-electron chi connectivity index (χ1n) is 8.13. The Labute approximate surface area is 156 Å². The van der Waals surface area contributed by atoms with Crippen LogP contribution < -0.4 is 0 Å². The van der Waals surface area contributed by atoms with Gasteiger partial charge in [0.1, 0.15) is 12.8 Å². The maximum Gasteiger partial charge on any atom is 0.274 e. The van der Waals surface area contributed by atoms with E-state index in [2.05, 4.69) is 15.1 Å². The van der Waals surface area contributed by atoms with Crippen molar-refractivity contribution in [2.24, 2.45) is 5.16 Å². The molecule has 2 aromatic rings. The van der Waals surface area contributed by atoms with Crippen molar-refractivity contribution < 1.29 is 14.7 Å². The SMILES string of the molecule is CO/N=C1\CC(CO)N(C(=O)c2cnc(-c3cccc(Cl)c3C)cn2)C1. The van der Waals surface area contributed by atoms with E-state index in [0.717, 1.165) is 11.1 Å². The van der Waals surface area contributed by atoms with Gasteiger partial charge in [-0.05, 0) is 18.6 Å². The summed E-state index contributed by atoms with van der Waals surface area (Å²) in [6, 6.07) is 5.22. The van der Waals surface area contributed by atoms with Gasteiger partial charge in [-0.15, -0.1) is 0 Å². The van der Waals surface area contributed by atoms with Crippen LogP contribution in [0.2, 0.25) is 5.02 Å². The van der Waals surface area contributed by atoms with E-state index in [0.29, 0.717) is 29.4 Å². The third kappa shape index (κ3) is 3.54. The van der Waals surface area contributed by atoms with Crippen molar-refractivity contribution in [1.29, 1.82) is 0 Å². The molecule has 0 saturated carbocycles. The molecule has 2 heterocycles. The Morgan fingerprint density at radius 3 is 2.88 bits per heavy atom. The molecule has 0 aliphatic carbocycles. The van der Waals surface area contributed by atoms with Crippen LogP contribution in [-0.4, -0.2) is 57.9 Å². The average molecular weight is 375 g/mol. The fraction of sp³-hybridized carbons (Fsp3) is 0.333. The van der Waals surface area contributed by atoms with E-state index < -0.39 is 0 Å². The van der Waals surface area contributed by atoms with Crippen LogP contribution >= 0.6 is 11.6 Å². The number of benzene rings is 1. The van der Waals surface area contributed by atoms with Crippen molar-refractivity contribution in [3.05, 3.63) is 46.9 Å². The predicted molar refractivity (Wildman–Crippen MR) is 98.2 cm³/mol. The van der Waals surface area contributed by atoms with E-state index in [9.17, 15) is 9.90 Å². The number of hydrogen-bond donors (Lipinski definition) is 1. The number of aromatic nitrogens is 2. The first-order chi connectivity index (χ1) is 12.5. The molecule has 1 N–H and O–H groups in total. The summed E-state index contributed by atoms with van der Waals surface area (Å²) in [5.74, 6) is -0.299. The molecule has 0 bridgehead atoms. The fourth-order valence-electron chi connectivity index (χ4n) is 2.98. The number of nitrogens with zero attached hydrogens (tertiary/aromatic N) is 4. The van der Waals surface area contributed by atoms with Gasteiger partial charge in [-0.1, -0.05) is 28.9 Å². The summed E-state index contributed by atoms with van der Waals surface area (Å²) in [4.78, 5) is 27.7. The van der Waals surface area contributed by atoms with Gasteiger partial charge in [0.2, 0.25) is 0 Å². The van der Waals surface area contributed by atoms with Crippen LogP contribution in [0, 0.1) is 6.92 Å². The maximum atomic E-state index is 12.7. The normalized spacial score (nSPS) is 18.4. The zero-order valence-corrected chi connectivity index (χ0v) is 15.3. The lowest BCUT2D eigenvalue weighted by Crippen LogP contribution is -2.38. The molecule has 3 rings (SSSR count). The molecule has 7 nitrogen and oxygen atoms in total. The third-order valence-corrected chi connectivity index (χ3v) is 4.78. The minimum Gasteiger partial charge on any atom is -0.399 e. The van der Waals surface area contributed by atoms with Crippen molar-refractivity contribution in [3.8, 4) is 11.3 Å². The number of amides is 1. The molecule has 1 saturated heterocycles. The summed E-state index contributed by atoms with van der Waals surface area (Å²) in [5, 5.41) is 14.1. The number of aliphatic hydroxyl groups is 1. The van der Waals surface area contributed by atoms with Crippen molar-refractivity contribution in [3.63, 3.8) is 0 Å². The summed E-state index contributed by atoms with van der Waals surface area (Å²) < 4.78 is 0. The zero-order valence-electron chi connectivity index (χ0n) is 14.5. The smallest absolute Gasteiger partial charge is 0.274 e. The van der Waals surface area contributed by atoms with Gasteiger partial charge in [0.25, 0.3) is 5.91 Å². The Morgan fingerprint density at radius 2 is 2.23 bits per heavy atom. The second-order valence-corrected chi connectivity index (χ2v) is 6.42. The van der Waals surface area contributed by atoms with Crippen LogP contribution in [0.1, 0.15) is 22.5 Å². The second kappa shape index (κ2) is 7.80. The summed E-state index contributed by atoms with van der Waals surface area (Å²) in [6.07, 6.45) is 3.47. The topological polar surface area (TPSA) is 87.9 Å². The molecule has 0 spiro atoms. The molecule has 1 aliphatic heterocycles. The minimum atomic E-state index is -0.340. The quantitative estimate of drug-likeness (QED) is 0.830. The van der Waals surface area contributed by atoms with Crippen LogP contribution in [0.25, 0.3) is 11.3 Å². The monoisotopic (exact) mass is 374 g/mol. The van der Waals surface area contributed by atoms with Gasteiger partial charge in [-0.2, -0.15) is 0 Å². The first-order valence-corrected chi connectivity index (χ1v) is 8.51. The van der Waals surface area contributed by atoms with Crippen LogP contribution in [-0.2, 0) is 4.84 Å². The summed E-state index contributed by atoms with van der Waals surface area (Å²) in [7, 11) is 1.45. The number of rotatable bonds is 4. The highest BCUT2D eigenvalue weighted by atomic mass is 35.5. The molecular weight excluding hydrogens is 356 g/mol. The number of oxime groups is 1. The van der Waals surface area contributed by atoms with E-state index in [1.807, 2.05) is 25.1 Å². The number of likely N-dealkylation sites (tertiary alicyclic amines) is 1. The van der Waals surface area contributed by atoms with Crippen molar-refractivity contribution in [2.45, 2.75) is 19.4 Å². The highest BCUT2D eigenvalue weighted by Gasteiger charge is 2.34. The molecule has 1 aliphatic rings. The molecule has 1 aromatic heterocycles. The Hall–Kier alpha value is -2.51. The third-order valence-electron chi connectivity index (χ3n) is 4.37. The van der Waals surface area contributed by atoms with Gasteiger partial charge in [-0.25, -0.2) is 4.98 Å².